The highest BCUT2D eigenvalue weighted by Crippen LogP contribution is 2.28. The number of halogens is 2. The first-order chi connectivity index (χ1) is 14.3. The van der Waals surface area contributed by atoms with Gasteiger partial charge >= 0.3 is 0 Å². The molecule has 3 rings (SSSR count). The molecule has 30 heavy (non-hydrogen) atoms. The fraction of sp³-hybridized carbons (Fsp3) is 0.227. The van der Waals surface area contributed by atoms with Gasteiger partial charge in [0.25, 0.3) is 0 Å². The summed E-state index contributed by atoms with van der Waals surface area (Å²) in [7, 11) is -3.53. The van der Waals surface area contributed by atoms with Gasteiger partial charge in [0.1, 0.15) is 0 Å². The van der Waals surface area contributed by atoms with Gasteiger partial charge in [0.05, 0.1) is 22.0 Å². The Morgan fingerprint density at radius 1 is 1.00 bits per heavy atom. The summed E-state index contributed by atoms with van der Waals surface area (Å²) in [6, 6.07) is 18.6. The molecule has 0 saturated carbocycles. The van der Waals surface area contributed by atoms with Gasteiger partial charge in [-0.1, -0.05) is 65.7 Å². The van der Waals surface area contributed by atoms with Crippen LogP contribution >= 0.6 is 23.2 Å². The predicted octanol–water partition coefficient (Wildman–Crippen LogP) is 5.01. The van der Waals surface area contributed by atoms with Crippen molar-refractivity contribution in [3.8, 4) is 0 Å². The van der Waals surface area contributed by atoms with Gasteiger partial charge in [-0.3, -0.25) is 9.10 Å². The lowest BCUT2D eigenvalue weighted by atomic mass is 10.0. The lowest BCUT2D eigenvalue weighted by molar-refractivity contribution is -0.121. The van der Waals surface area contributed by atoms with Crippen molar-refractivity contribution < 1.29 is 13.2 Å². The first-order valence-corrected chi connectivity index (χ1v) is 12.0. The molecule has 0 fully saturated rings. The Labute approximate surface area is 186 Å². The Bertz CT molecular complexity index is 1160. The molecule has 3 aromatic carbocycles. The molecule has 3 aromatic rings. The molecule has 0 aliphatic carbocycles. The summed E-state index contributed by atoms with van der Waals surface area (Å²) in [5.74, 6) is -0.134. The van der Waals surface area contributed by atoms with Gasteiger partial charge in [0.2, 0.25) is 15.9 Å². The molecule has 1 N–H and O–H groups in total. The zero-order chi connectivity index (χ0) is 21.7. The normalized spacial score (nSPS) is 11.4. The first kappa shape index (κ1) is 22.4. The van der Waals surface area contributed by atoms with Gasteiger partial charge in [-0.2, -0.15) is 0 Å². The molecular formula is C22H22Cl2N2O3S. The lowest BCUT2D eigenvalue weighted by Crippen LogP contribution is -2.32. The molecule has 158 valence electrons. The number of sulfonamides is 1. The van der Waals surface area contributed by atoms with Gasteiger partial charge in [0.15, 0.2) is 0 Å². The maximum absolute atomic E-state index is 12.3. The molecule has 0 bridgehead atoms. The van der Waals surface area contributed by atoms with E-state index in [4.69, 9.17) is 23.2 Å². The molecule has 0 saturated heterocycles. The van der Waals surface area contributed by atoms with E-state index in [1.165, 1.54) is 10.4 Å². The molecule has 0 spiro atoms. The largest absolute Gasteiger partial charge is 0.352 e. The van der Waals surface area contributed by atoms with Crippen LogP contribution in [0.1, 0.15) is 18.4 Å². The molecule has 0 aliphatic rings. The van der Waals surface area contributed by atoms with Crippen molar-refractivity contribution in [3.05, 3.63) is 76.3 Å². The standard InChI is InChI=1S/C22H22Cl2N2O3S/c1-30(28,29)26(18-11-12-20(23)21(24)14-18)13-5-10-22(27)25-15-17-8-4-7-16-6-2-3-9-19(16)17/h2-4,6-9,11-12,14H,5,10,13,15H2,1H3,(H,25,27). The Hall–Kier alpha value is -2.28. The summed E-state index contributed by atoms with van der Waals surface area (Å²) in [5.41, 5.74) is 1.46. The average molecular weight is 465 g/mol. The van der Waals surface area contributed by atoms with E-state index in [0.717, 1.165) is 22.6 Å². The molecule has 0 atom stereocenters. The van der Waals surface area contributed by atoms with Crippen LogP contribution in [0.25, 0.3) is 10.8 Å². The number of anilines is 1. The highest BCUT2D eigenvalue weighted by Gasteiger charge is 2.18. The minimum Gasteiger partial charge on any atom is -0.352 e. The maximum atomic E-state index is 12.3. The fourth-order valence-electron chi connectivity index (χ4n) is 3.24. The van der Waals surface area contributed by atoms with Crippen LogP contribution in [0.3, 0.4) is 0 Å². The highest BCUT2D eigenvalue weighted by molar-refractivity contribution is 7.92. The van der Waals surface area contributed by atoms with Crippen LogP contribution in [0, 0.1) is 0 Å². The van der Waals surface area contributed by atoms with E-state index in [-0.39, 0.29) is 23.9 Å². The monoisotopic (exact) mass is 464 g/mol. The van der Waals surface area contributed by atoms with Crippen molar-refractivity contribution in [3.63, 3.8) is 0 Å². The van der Waals surface area contributed by atoms with Crippen LogP contribution in [-0.4, -0.2) is 27.1 Å². The first-order valence-electron chi connectivity index (χ1n) is 9.42. The zero-order valence-electron chi connectivity index (χ0n) is 16.4. The van der Waals surface area contributed by atoms with Crippen LogP contribution in [0.5, 0.6) is 0 Å². The number of fused-ring (bicyclic) bond motifs is 1. The minimum atomic E-state index is -3.53. The number of hydrogen-bond acceptors (Lipinski definition) is 3. The van der Waals surface area contributed by atoms with Crippen LogP contribution < -0.4 is 9.62 Å². The fourth-order valence-corrected chi connectivity index (χ4v) is 4.49. The van der Waals surface area contributed by atoms with E-state index < -0.39 is 10.0 Å². The molecule has 0 aliphatic heterocycles. The van der Waals surface area contributed by atoms with Crippen molar-refractivity contribution in [2.45, 2.75) is 19.4 Å². The molecule has 1 amide bonds. The summed E-state index contributed by atoms with van der Waals surface area (Å²) in [5, 5.41) is 5.76. The van der Waals surface area contributed by atoms with Crippen molar-refractivity contribution >= 4 is 55.6 Å². The molecule has 0 heterocycles. The van der Waals surface area contributed by atoms with Crippen molar-refractivity contribution in [2.75, 3.05) is 17.1 Å². The second kappa shape index (κ2) is 9.69. The quantitative estimate of drug-likeness (QED) is 0.509. The van der Waals surface area contributed by atoms with Crippen LogP contribution in [-0.2, 0) is 21.4 Å². The molecule has 8 heteroatoms. The van der Waals surface area contributed by atoms with Crippen LogP contribution in [0.15, 0.2) is 60.7 Å². The third-order valence-electron chi connectivity index (χ3n) is 4.71. The zero-order valence-corrected chi connectivity index (χ0v) is 18.8. The number of nitrogens with one attached hydrogen (secondary N) is 1. The third kappa shape index (κ3) is 5.65. The van der Waals surface area contributed by atoms with E-state index >= 15 is 0 Å². The van der Waals surface area contributed by atoms with E-state index in [1.54, 1.807) is 12.1 Å². The van der Waals surface area contributed by atoms with Gasteiger partial charge in [-0.05, 0) is 41.0 Å². The van der Waals surface area contributed by atoms with Gasteiger partial charge < -0.3 is 5.32 Å². The molecule has 0 radical (unpaired) electrons. The van der Waals surface area contributed by atoms with Crippen LogP contribution in [0.4, 0.5) is 5.69 Å². The Morgan fingerprint density at radius 3 is 2.47 bits per heavy atom. The summed E-state index contributed by atoms with van der Waals surface area (Å²) in [6.07, 6.45) is 1.70. The Balaban J connectivity index is 1.58. The van der Waals surface area contributed by atoms with E-state index in [9.17, 15) is 13.2 Å². The lowest BCUT2D eigenvalue weighted by Gasteiger charge is -2.22. The summed E-state index contributed by atoms with van der Waals surface area (Å²) >= 11 is 11.9. The Morgan fingerprint density at radius 2 is 1.73 bits per heavy atom. The van der Waals surface area contributed by atoms with Crippen molar-refractivity contribution in [2.24, 2.45) is 0 Å². The number of nitrogens with zero attached hydrogens (tertiary/aromatic N) is 1. The predicted molar refractivity (Wildman–Crippen MR) is 124 cm³/mol. The SMILES string of the molecule is CS(=O)(=O)N(CCCC(=O)NCc1cccc2ccccc12)c1ccc(Cl)c(Cl)c1. The number of hydrogen-bond donors (Lipinski definition) is 1. The number of carbonyl (C=O) groups is 1. The minimum absolute atomic E-state index is 0.134. The molecule has 5 nitrogen and oxygen atoms in total. The Kier molecular flexibility index (Phi) is 7.23. The number of benzene rings is 3. The third-order valence-corrected chi connectivity index (χ3v) is 6.65. The number of carbonyl (C=O) groups excluding carboxylic acids is 1. The topological polar surface area (TPSA) is 66.5 Å². The summed E-state index contributed by atoms with van der Waals surface area (Å²) < 4.78 is 25.6. The number of amides is 1. The summed E-state index contributed by atoms with van der Waals surface area (Å²) in [4.78, 5) is 12.3. The second-order valence-electron chi connectivity index (χ2n) is 6.95. The van der Waals surface area contributed by atoms with E-state index in [2.05, 4.69) is 5.32 Å². The smallest absolute Gasteiger partial charge is 0.232 e. The molecule has 0 unspecified atom stereocenters. The second-order valence-corrected chi connectivity index (χ2v) is 9.67. The van der Waals surface area contributed by atoms with Crippen molar-refractivity contribution in [1.82, 2.24) is 5.32 Å². The van der Waals surface area contributed by atoms with E-state index in [0.29, 0.717) is 23.7 Å². The van der Waals surface area contributed by atoms with Gasteiger partial charge in [-0.25, -0.2) is 8.42 Å². The van der Waals surface area contributed by atoms with Gasteiger partial charge in [-0.15, -0.1) is 0 Å². The van der Waals surface area contributed by atoms with Crippen LogP contribution in [0.2, 0.25) is 10.0 Å². The molecular weight excluding hydrogens is 443 g/mol. The van der Waals surface area contributed by atoms with E-state index in [1.807, 2.05) is 42.5 Å². The summed E-state index contributed by atoms with van der Waals surface area (Å²) in [6.45, 7) is 0.585. The van der Waals surface area contributed by atoms with Crippen molar-refractivity contribution in [1.29, 1.82) is 0 Å². The molecule has 0 aromatic heterocycles. The average Bonchev–Trinajstić information content (AvgIpc) is 2.71. The van der Waals surface area contributed by atoms with Gasteiger partial charge in [0, 0.05) is 19.5 Å². The maximum Gasteiger partial charge on any atom is 0.232 e. The number of rotatable bonds is 8. The highest BCUT2D eigenvalue weighted by atomic mass is 35.5.